The monoisotopic (exact) mass is 642 g/mol. The van der Waals surface area contributed by atoms with Gasteiger partial charge in [0.2, 0.25) is 0 Å². The van der Waals surface area contributed by atoms with E-state index >= 15 is 4.79 Å². The van der Waals surface area contributed by atoms with E-state index in [9.17, 15) is 0 Å². The molecule has 0 spiro atoms. The van der Waals surface area contributed by atoms with Crippen LogP contribution in [0.25, 0.3) is 0 Å². The Kier molecular flexibility index (Phi) is 8.68. The number of nitrogens with one attached hydrogen (secondary N) is 2. The molecule has 0 radical (unpaired) electrons. The van der Waals surface area contributed by atoms with Gasteiger partial charge in [-0.25, -0.2) is 9.69 Å². The van der Waals surface area contributed by atoms with E-state index in [1.54, 1.807) is 58.9 Å². The summed E-state index contributed by atoms with van der Waals surface area (Å²) in [6.07, 6.45) is 6.64. The summed E-state index contributed by atoms with van der Waals surface area (Å²) >= 11 is 0. The van der Waals surface area contributed by atoms with E-state index in [-0.39, 0.29) is 10.8 Å². The summed E-state index contributed by atoms with van der Waals surface area (Å²) in [5.74, 6) is 3.28. The molecule has 0 saturated heterocycles. The highest BCUT2D eigenvalue weighted by molar-refractivity contribution is 6.11. The largest absolute Gasteiger partial charge is 0.457 e. The number of H-pyrrole nitrogens is 2. The van der Waals surface area contributed by atoms with Crippen molar-refractivity contribution in [1.29, 1.82) is 0 Å². The highest BCUT2D eigenvalue weighted by Gasteiger charge is 2.32. The van der Waals surface area contributed by atoms with Gasteiger partial charge in [0.1, 0.15) is 34.6 Å². The van der Waals surface area contributed by atoms with E-state index < -0.39 is 6.03 Å². The molecule has 0 aliphatic carbocycles. The van der Waals surface area contributed by atoms with Crippen LogP contribution in [0.3, 0.4) is 0 Å². The normalized spacial score (nSPS) is 11.6. The lowest BCUT2D eigenvalue weighted by Gasteiger charge is -2.29. The quantitative estimate of drug-likeness (QED) is 0.170. The fourth-order valence-electron chi connectivity index (χ4n) is 4.88. The highest BCUT2D eigenvalue weighted by atomic mass is 16.5. The Labute approximate surface area is 279 Å². The molecule has 11 nitrogen and oxygen atoms in total. The van der Waals surface area contributed by atoms with E-state index in [4.69, 9.17) is 9.47 Å². The number of aromatic nitrogens is 6. The maximum atomic E-state index is 15.2. The number of ether oxygens (including phenoxy) is 2. The average molecular weight is 643 g/mol. The third-order valence-corrected chi connectivity index (χ3v) is 7.45. The number of urea groups is 1. The average Bonchev–Trinajstić information content (AvgIpc) is 3.75. The van der Waals surface area contributed by atoms with Crippen LogP contribution in [0.2, 0.25) is 0 Å². The number of anilines is 4. The summed E-state index contributed by atoms with van der Waals surface area (Å²) in [7, 11) is 0. The molecule has 4 heterocycles. The van der Waals surface area contributed by atoms with Crippen molar-refractivity contribution in [3.8, 4) is 23.0 Å². The third kappa shape index (κ3) is 7.20. The number of carbonyl (C=O) groups excluding carboxylic acids is 1. The van der Waals surface area contributed by atoms with E-state index in [1.165, 1.54) is 0 Å². The lowest BCUT2D eigenvalue weighted by molar-refractivity contribution is 0.255. The van der Waals surface area contributed by atoms with Crippen molar-refractivity contribution in [2.45, 2.75) is 52.4 Å². The van der Waals surface area contributed by atoms with Gasteiger partial charge in [-0.15, -0.1) is 0 Å². The topological polar surface area (TPSA) is 125 Å². The van der Waals surface area contributed by atoms with Crippen LogP contribution in [0.5, 0.6) is 23.0 Å². The van der Waals surface area contributed by atoms with Crippen molar-refractivity contribution >= 4 is 29.0 Å². The smallest absolute Gasteiger partial charge is 0.340 e. The minimum Gasteiger partial charge on any atom is -0.457 e. The first-order chi connectivity index (χ1) is 23.0. The van der Waals surface area contributed by atoms with Crippen LogP contribution in [0.4, 0.5) is 27.8 Å². The van der Waals surface area contributed by atoms with Crippen molar-refractivity contribution in [1.82, 2.24) is 30.4 Å². The third-order valence-electron chi connectivity index (χ3n) is 7.45. The Hall–Kier alpha value is -5.97. The summed E-state index contributed by atoms with van der Waals surface area (Å²) < 4.78 is 12.3. The fourth-order valence-corrected chi connectivity index (χ4v) is 4.88. The number of amides is 2. The Morgan fingerprint density at radius 1 is 0.562 bits per heavy atom. The SMILES string of the molecule is CC(C)(C)c1cc(N(C(=O)N(c2cccc(Oc3ccncc3)c2)c2cccc(Oc3ccncc3)c2)c2cc(C(C)(C)C)n[nH]2)[nH]n1. The molecule has 0 saturated carbocycles. The van der Waals surface area contributed by atoms with Gasteiger partial charge in [-0.05, 0) is 48.5 Å². The number of rotatable bonds is 8. The molecule has 4 aromatic heterocycles. The van der Waals surface area contributed by atoms with Gasteiger partial charge in [-0.3, -0.25) is 25.1 Å². The van der Waals surface area contributed by atoms with Crippen LogP contribution in [-0.4, -0.2) is 36.4 Å². The van der Waals surface area contributed by atoms with Gasteiger partial charge in [0.15, 0.2) is 0 Å². The van der Waals surface area contributed by atoms with Gasteiger partial charge in [-0.2, -0.15) is 10.2 Å². The van der Waals surface area contributed by atoms with Gasteiger partial charge in [-0.1, -0.05) is 53.7 Å². The zero-order valence-corrected chi connectivity index (χ0v) is 27.8. The maximum absolute atomic E-state index is 15.2. The van der Waals surface area contributed by atoms with Gasteiger partial charge >= 0.3 is 6.03 Å². The van der Waals surface area contributed by atoms with Crippen molar-refractivity contribution in [3.63, 3.8) is 0 Å². The van der Waals surface area contributed by atoms with E-state index in [1.807, 2.05) is 60.7 Å². The molecule has 0 bridgehead atoms. The Morgan fingerprint density at radius 3 is 1.35 bits per heavy atom. The predicted octanol–water partition coefficient (Wildman–Crippen LogP) is 9.20. The summed E-state index contributed by atoms with van der Waals surface area (Å²) in [6.45, 7) is 12.4. The number of nitrogens with zero attached hydrogens (tertiary/aromatic N) is 6. The van der Waals surface area contributed by atoms with Crippen molar-refractivity contribution in [2.24, 2.45) is 0 Å². The number of hydrogen-bond acceptors (Lipinski definition) is 7. The van der Waals surface area contributed by atoms with Crippen molar-refractivity contribution < 1.29 is 14.3 Å². The first-order valence-electron chi connectivity index (χ1n) is 15.6. The minimum atomic E-state index is -0.398. The Bertz CT molecular complexity index is 1860. The number of carbonyl (C=O) groups is 1. The van der Waals surface area contributed by atoms with E-state index in [0.717, 1.165) is 11.4 Å². The number of aromatic amines is 2. The van der Waals surface area contributed by atoms with Gasteiger partial charge in [0.25, 0.3) is 0 Å². The second kappa shape index (κ2) is 13.0. The molecular formula is C37H38N8O3. The van der Waals surface area contributed by atoms with Crippen LogP contribution >= 0.6 is 0 Å². The second-order valence-corrected chi connectivity index (χ2v) is 13.3. The molecule has 2 amide bonds. The first kappa shape index (κ1) is 32.0. The van der Waals surface area contributed by atoms with Gasteiger partial charge in [0.05, 0.1) is 22.8 Å². The molecule has 0 aliphatic heterocycles. The van der Waals surface area contributed by atoms with Gasteiger partial charge in [0, 0.05) is 59.9 Å². The molecule has 2 N–H and O–H groups in total. The lowest BCUT2D eigenvalue weighted by Crippen LogP contribution is -2.38. The second-order valence-electron chi connectivity index (χ2n) is 13.3. The van der Waals surface area contributed by atoms with Crippen LogP contribution < -0.4 is 19.3 Å². The van der Waals surface area contributed by atoms with Crippen LogP contribution in [0.15, 0.2) is 110 Å². The highest BCUT2D eigenvalue weighted by Crippen LogP contribution is 2.38. The standard InChI is InChI=1S/C37H38N8O3/c1-36(2,3)31-23-33(42-40-31)45(34-24-32(41-43-34)37(4,5)6)35(46)44(25-9-7-11-29(21-25)47-27-13-17-38-18-14-27)26-10-8-12-30(22-26)48-28-15-19-39-20-16-28/h7-24H,1-6H3,(H,40,42)(H,41,43). The number of hydrogen-bond donors (Lipinski definition) is 2. The summed E-state index contributed by atoms with van der Waals surface area (Å²) in [6, 6.07) is 25.2. The molecule has 0 aliphatic rings. The molecule has 11 heteroatoms. The maximum Gasteiger partial charge on any atom is 0.340 e. The zero-order valence-electron chi connectivity index (χ0n) is 27.8. The molecule has 0 fully saturated rings. The number of pyridine rings is 2. The number of benzene rings is 2. The van der Waals surface area contributed by atoms with Crippen LogP contribution in [0, 0.1) is 0 Å². The minimum absolute atomic E-state index is 0.259. The summed E-state index contributed by atoms with van der Waals surface area (Å²) in [5.41, 5.74) is 2.21. The van der Waals surface area contributed by atoms with Crippen molar-refractivity contribution in [3.05, 3.63) is 121 Å². The molecule has 48 heavy (non-hydrogen) atoms. The Morgan fingerprint density at radius 2 is 0.979 bits per heavy atom. The molecule has 6 rings (SSSR count). The fraction of sp³-hybridized carbons (Fsp3) is 0.216. The van der Waals surface area contributed by atoms with Crippen LogP contribution in [0.1, 0.15) is 52.9 Å². The molecule has 0 unspecified atom stereocenters. The first-order valence-corrected chi connectivity index (χ1v) is 15.6. The van der Waals surface area contributed by atoms with Gasteiger partial charge < -0.3 is 9.47 Å². The molecule has 6 aromatic rings. The molecule has 244 valence electrons. The van der Waals surface area contributed by atoms with Crippen LogP contribution in [-0.2, 0) is 10.8 Å². The van der Waals surface area contributed by atoms with E-state index in [0.29, 0.717) is 46.0 Å². The lowest BCUT2D eigenvalue weighted by atomic mass is 9.92. The molecule has 0 atom stereocenters. The molecular weight excluding hydrogens is 604 g/mol. The predicted molar refractivity (Wildman–Crippen MR) is 186 cm³/mol. The zero-order chi connectivity index (χ0) is 33.9. The van der Waals surface area contributed by atoms with Crippen molar-refractivity contribution in [2.75, 3.05) is 9.80 Å². The molecule has 2 aromatic carbocycles. The summed E-state index contributed by atoms with van der Waals surface area (Å²) in [5, 5.41) is 15.4. The Balaban J connectivity index is 1.48. The van der Waals surface area contributed by atoms with E-state index in [2.05, 4.69) is 71.9 Å². The summed E-state index contributed by atoms with van der Waals surface area (Å²) in [4.78, 5) is 26.5.